The topological polar surface area (TPSA) is 32.3 Å². The van der Waals surface area contributed by atoms with E-state index in [4.69, 9.17) is 4.98 Å². The molecule has 0 unspecified atom stereocenters. The molecule has 1 aliphatic heterocycles. The highest BCUT2D eigenvalue weighted by atomic mass is 32.1. The fourth-order valence-electron chi connectivity index (χ4n) is 4.70. The molecule has 1 fully saturated rings. The second-order valence-corrected chi connectivity index (χ2v) is 9.37. The van der Waals surface area contributed by atoms with E-state index in [2.05, 4.69) is 46.8 Å². The summed E-state index contributed by atoms with van der Waals surface area (Å²) in [6.45, 7) is 9.71. The molecule has 0 saturated carbocycles. The van der Waals surface area contributed by atoms with Crippen molar-refractivity contribution in [3.05, 3.63) is 51.7 Å². The Kier molecular flexibility index (Phi) is 4.81. The van der Waals surface area contributed by atoms with E-state index in [0.29, 0.717) is 0 Å². The van der Waals surface area contributed by atoms with Crippen molar-refractivity contribution in [3.8, 4) is 0 Å². The van der Waals surface area contributed by atoms with E-state index in [9.17, 15) is 0 Å². The summed E-state index contributed by atoms with van der Waals surface area (Å²) in [6, 6.07) is 6.82. The van der Waals surface area contributed by atoms with Crippen LogP contribution in [-0.2, 0) is 19.4 Å². The highest BCUT2D eigenvalue weighted by Crippen LogP contribution is 2.39. The Morgan fingerprint density at radius 1 is 1.00 bits per heavy atom. The molecule has 0 radical (unpaired) electrons. The lowest BCUT2D eigenvalue weighted by atomic mass is 9.97. The van der Waals surface area contributed by atoms with Crippen molar-refractivity contribution in [2.24, 2.45) is 0 Å². The fourth-order valence-corrected chi connectivity index (χ4v) is 5.92. The molecule has 146 valence electrons. The van der Waals surface area contributed by atoms with Crippen LogP contribution in [0, 0.1) is 13.8 Å². The largest absolute Gasteiger partial charge is 0.353 e. The average molecular weight is 393 g/mol. The van der Waals surface area contributed by atoms with Gasteiger partial charge in [0.05, 0.1) is 5.39 Å². The summed E-state index contributed by atoms with van der Waals surface area (Å²) in [5.41, 5.74) is 5.75. The lowest BCUT2D eigenvalue weighted by Crippen LogP contribution is -2.46. The van der Waals surface area contributed by atoms with Crippen LogP contribution in [0.15, 0.2) is 24.5 Å². The second kappa shape index (κ2) is 7.45. The zero-order chi connectivity index (χ0) is 19.1. The van der Waals surface area contributed by atoms with Gasteiger partial charge in [0.15, 0.2) is 0 Å². The predicted molar refractivity (Wildman–Crippen MR) is 117 cm³/mol. The first kappa shape index (κ1) is 18.1. The zero-order valence-corrected chi connectivity index (χ0v) is 17.7. The van der Waals surface area contributed by atoms with Gasteiger partial charge in [0.2, 0.25) is 0 Å². The van der Waals surface area contributed by atoms with Crippen LogP contribution in [0.2, 0.25) is 0 Å². The summed E-state index contributed by atoms with van der Waals surface area (Å²) in [7, 11) is 0. The number of nitrogens with zero attached hydrogens (tertiary/aromatic N) is 4. The number of hydrogen-bond acceptors (Lipinski definition) is 5. The Morgan fingerprint density at radius 2 is 1.82 bits per heavy atom. The fraction of sp³-hybridized carbons (Fsp3) is 0.478. The first-order valence-electron chi connectivity index (χ1n) is 10.5. The van der Waals surface area contributed by atoms with E-state index < -0.39 is 0 Å². The lowest BCUT2D eigenvalue weighted by Gasteiger charge is -2.36. The van der Waals surface area contributed by atoms with Crippen LogP contribution in [0.5, 0.6) is 0 Å². The van der Waals surface area contributed by atoms with Crippen molar-refractivity contribution in [1.29, 1.82) is 0 Å². The van der Waals surface area contributed by atoms with E-state index in [1.807, 2.05) is 11.3 Å². The van der Waals surface area contributed by atoms with Crippen molar-refractivity contribution >= 4 is 27.4 Å². The lowest BCUT2D eigenvalue weighted by molar-refractivity contribution is 0.249. The molecule has 2 aliphatic rings. The van der Waals surface area contributed by atoms with Crippen LogP contribution in [0.3, 0.4) is 0 Å². The molecule has 3 aromatic rings. The normalized spacial score (nSPS) is 17.9. The summed E-state index contributed by atoms with van der Waals surface area (Å²) in [6.07, 6.45) is 6.81. The molecule has 0 N–H and O–H groups in total. The highest BCUT2D eigenvalue weighted by molar-refractivity contribution is 7.19. The van der Waals surface area contributed by atoms with Crippen molar-refractivity contribution in [3.63, 3.8) is 0 Å². The SMILES string of the molecule is Cc1ccc(CN2CCN(c3ncnc4sc5c(c34)CCCC5)CC2)c(C)c1. The van der Waals surface area contributed by atoms with Crippen LogP contribution in [0.25, 0.3) is 10.2 Å². The van der Waals surface area contributed by atoms with Gasteiger partial charge in [0.1, 0.15) is 17.0 Å². The average Bonchev–Trinajstić information content (AvgIpc) is 3.09. The van der Waals surface area contributed by atoms with Crippen molar-refractivity contribution in [2.45, 2.75) is 46.1 Å². The van der Waals surface area contributed by atoms with E-state index in [1.54, 1.807) is 16.8 Å². The highest BCUT2D eigenvalue weighted by Gasteiger charge is 2.25. The van der Waals surface area contributed by atoms with Crippen molar-refractivity contribution in [2.75, 3.05) is 31.1 Å². The number of hydrogen-bond donors (Lipinski definition) is 0. The maximum absolute atomic E-state index is 4.75. The quantitative estimate of drug-likeness (QED) is 0.656. The molecule has 5 heteroatoms. The number of aromatic nitrogens is 2. The first-order valence-corrected chi connectivity index (χ1v) is 11.3. The van der Waals surface area contributed by atoms with Crippen LogP contribution in [-0.4, -0.2) is 41.0 Å². The van der Waals surface area contributed by atoms with Crippen LogP contribution in [0.1, 0.15) is 40.0 Å². The van der Waals surface area contributed by atoms with Crippen molar-refractivity contribution < 1.29 is 0 Å². The Hall–Kier alpha value is -1.98. The van der Waals surface area contributed by atoms with Crippen LogP contribution < -0.4 is 4.90 Å². The van der Waals surface area contributed by atoms with Gasteiger partial charge in [-0.25, -0.2) is 9.97 Å². The molecule has 2 aromatic heterocycles. The van der Waals surface area contributed by atoms with E-state index in [-0.39, 0.29) is 0 Å². The molecule has 0 amide bonds. The number of fused-ring (bicyclic) bond motifs is 3. The Bertz CT molecular complexity index is 1000. The molecule has 1 aliphatic carbocycles. The number of thiophene rings is 1. The molecule has 3 heterocycles. The minimum absolute atomic E-state index is 1.04. The molecular formula is C23H28N4S. The number of aryl methyl sites for hydroxylation is 4. The van der Waals surface area contributed by atoms with E-state index in [1.165, 1.54) is 58.4 Å². The smallest absolute Gasteiger partial charge is 0.141 e. The molecule has 0 spiro atoms. The minimum atomic E-state index is 1.04. The van der Waals surface area contributed by atoms with E-state index >= 15 is 0 Å². The van der Waals surface area contributed by atoms with Gasteiger partial charge in [0, 0.05) is 37.6 Å². The summed E-state index contributed by atoms with van der Waals surface area (Å²) in [4.78, 5) is 17.2. The van der Waals surface area contributed by atoms with Gasteiger partial charge in [-0.1, -0.05) is 23.8 Å². The summed E-state index contributed by atoms with van der Waals surface area (Å²) in [5.74, 6) is 1.18. The van der Waals surface area contributed by atoms with Gasteiger partial charge in [-0.15, -0.1) is 11.3 Å². The standard InChI is InChI=1S/C23H28N4S/c1-16-7-8-18(17(2)13-16)14-26-9-11-27(12-10-26)22-21-19-5-3-4-6-20(19)28-23(21)25-15-24-22/h7-8,13,15H,3-6,9-12,14H2,1-2H3. The minimum Gasteiger partial charge on any atom is -0.353 e. The maximum atomic E-state index is 4.75. The number of anilines is 1. The molecule has 1 saturated heterocycles. The summed E-state index contributed by atoms with van der Waals surface area (Å²) in [5, 5.41) is 1.35. The Morgan fingerprint density at radius 3 is 2.64 bits per heavy atom. The van der Waals surface area contributed by atoms with Gasteiger partial charge < -0.3 is 4.90 Å². The van der Waals surface area contributed by atoms with Crippen molar-refractivity contribution in [1.82, 2.24) is 14.9 Å². The third-order valence-electron chi connectivity index (χ3n) is 6.30. The summed E-state index contributed by atoms with van der Waals surface area (Å²) < 4.78 is 0. The summed E-state index contributed by atoms with van der Waals surface area (Å²) >= 11 is 1.89. The maximum Gasteiger partial charge on any atom is 0.141 e. The van der Waals surface area contributed by atoms with E-state index in [0.717, 1.165) is 32.7 Å². The van der Waals surface area contributed by atoms with Gasteiger partial charge >= 0.3 is 0 Å². The monoisotopic (exact) mass is 392 g/mol. The molecular weight excluding hydrogens is 364 g/mol. The van der Waals surface area contributed by atoms with Gasteiger partial charge in [0.25, 0.3) is 0 Å². The predicted octanol–water partition coefficient (Wildman–Crippen LogP) is 4.51. The third-order valence-corrected chi connectivity index (χ3v) is 7.50. The van der Waals surface area contributed by atoms with Gasteiger partial charge in [-0.05, 0) is 56.2 Å². The zero-order valence-electron chi connectivity index (χ0n) is 16.9. The number of rotatable bonds is 3. The van der Waals surface area contributed by atoms with Crippen LogP contribution >= 0.6 is 11.3 Å². The van der Waals surface area contributed by atoms with Crippen LogP contribution in [0.4, 0.5) is 5.82 Å². The third kappa shape index (κ3) is 3.31. The molecule has 28 heavy (non-hydrogen) atoms. The molecule has 4 nitrogen and oxygen atoms in total. The molecule has 5 rings (SSSR count). The Labute approximate surface area is 171 Å². The first-order chi connectivity index (χ1) is 13.7. The second-order valence-electron chi connectivity index (χ2n) is 8.28. The number of benzene rings is 1. The Balaban J connectivity index is 1.34. The molecule has 1 aromatic carbocycles. The van der Waals surface area contributed by atoms with Gasteiger partial charge in [-0.3, -0.25) is 4.90 Å². The van der Waals surface area contributed by atoms with Gasteiger partial charge in [-0.2, -0.15) is 0 Å². The molecule has 0 atom stereocenters. The number of piperazine rings is 1. The molecule has 0 bridgehead atoms.